The summed E-state index contributed by atoms with van der Waals surface area (Å²) < 4.78 is 7.18. The lowest BCUT2D eigenvalue weighted by Crippen LogP contribution is -2.15. The SMILES string of the molecule is Cc1ccccc1-c1csc(=O)n1Cc1cc(C2CC2)no1. The van der Waals surface area contributed by atoms with Crippen LogP contribution >= 0.6 is 11.3 Å². The summed E-state index contributed by atoms with van der Waals surface area (Å²) in [6.07, 6.45) is 2.39. The Morgan fingerprint density at radius 2 is 2.18 bits per heavy atom. The second-order valence-electron chi connectivity index (χ2n) is 5.78. The molecule has 0 radical (unpaired) electrons. The van der Waals surface area contributed by atoms with E-state index in [4.69, 9.17) is 4.52 Å². The van der Waals surface area contributed by atoms with Crippen LogP contribution in [0.5, 0.6) is 0 Å². The van der Waals surface area contributed by atoms with Gasteiger partial charge >= 0.3 is 4.87 Å². The topological polar surface area (TPSA) is 48.0 Å². The summed E-state index contributed by atoms with van der Waals surface area (Å²) in [4.78, 5) is 12.2. The normalized spacial score (nSPS) is 14.4. The van der Waals surface area contributed by atoms with Crippen molar-refractivity contribution in [3.05, 3.63) is 62.4 Å². The highest BCUT2D eigenvalue weighted by Crippen LogP contribution is 2.39. The number of rotatable bonds is 4. The van der Waals surface area contributed by atoms with Crippen LogP contribution in [0.3, 0.4) is 0 Å². The predicted molar refractivity (Wildman–Crippen MR) is 86.3 cm³/mol. The first-order chi connectivity index (χ1) is 10.7. The summed E-state index contributed by atoms with van der Waals surface area (Å²) in [5, 5.41) is 6.04. The number of thiazole rings is 1. The van der Waals surface area contributed by atoms with Gasteiger partial charge in [-0.2, -0.15) is 0 Å². The van der Waals surface area contributed by atoms with Crippen LogP contribution in [0.4, 0.5) is 0 Å². The van der Waals surface area contributed by atoms with Gasteiger partial charge in [0.05, 0.1) is 17.9 Å². The van der Waals surface area contributed by atoms with E-state index in [1.807, 2.05) is 29.6 Å². The highest BCUT2D eigenvalue weighted by atomic mass is 32.1. The fourth-order valence-corrected chi connectivity index (χ4v) is 3.44. The van der Waals surface area contributed by atoms with E-state index in [-0.39, 0.29) is 4.87 Å². The molecule has 1 aliphatic carbocycles. The van der Waals surface area contributed by atoms with E-state index in [0.29, 0.717) is 12.5 Å². The van der Waals surface area contributed by atoms with Crippen LogP contribution in [0.25, 0.3) is 11.3 Å². The molecule has 0 spiro atoms. The van der Waals surface area contributed by atoms with Crippen molar-refractivity contribution in [3.63, 3.8) is 0 Å². The third-order valence-electron chi connectivity index (χ3n) is 4.09. The van der Waals surface area contributed by atoms with Crippen LogP contribution < -0.4 is 4.87 Å². The van der Waals surface area contributed by atoms with E-state index >= 15 is 0 Å². The van der Waals surface area contributed by atoms with Gasteiger partial charge in [0.2, 0.25) is 0 Å². The zero-order valence-electron chi connectivity index (χ0n) is 12.3. The Balaban J connectivity index is 1.70. The lowest BCUT2D eigenvalue weighted by Gasteiger charge is -2.08. The molecular formula is C17H16N2O2S. The average Bonchev–Trinajstić information content (AvgIpc) is 3.17. The van der Waals surface area contributed by atoms with Crippen LogP contribution in [0.2, 0.25) is 0 Å². The molecule has 0 N–H and O–H groups in total. The first-order valence-electron chi connectivity index (χ1n) is 7.42. The Kier molecular flexibility index (Phi) is 3.22. The fourth-order valence-electron chi connectivity index (χ4n) is 2.68. The fraction of sp³-hybridized carbons (Fsp3) is 0.294. The van der Waals surface area contributed by atoms with Crippen LogP contribution in [0.15, 0.2) is 45.0 Å². The molecule has 22 heavy (non-hydrogen) atoms. The highest BCUT2D eigenvalue weighted by Gasteiger charge is 2.27. The Morgan fingerprint density at radius 1 is 1.36 bits per heavy atom. The third kappa shape index (κ3) is 2.41. The summed E-state index contributed by atoms with van der Waals surface area (Å²) >= 11 is 1.22. The molecule has 0 amide bonds. The Morgan fingerprint density at radius 3 is 2.95 bits per heavy atom. The highest BCUT2D eigenvalue weighted by molar-refractivity contribution is 7.07. The smallest absolute Gasteiger partial charge is 0.307 e. The van der Waals surface area contributed by atoms with E-state index < -0.39 is 0 Å². The van der Waals surface area contributed by atoms with Crippen molar-refractivity contribution in [2.24, 2.45) is 0 Å². The average molecular weight is 312 g/mol. The lowest BCUT2D eigenvalue weighted by atomic mass is 10.1. The molecule has 112 valence electrons. The molecule has 1 aromatic carbocycles. The second-order valence-corrected chi connectivity index (χ2v) is 6.60. The maximum atomic E-state index is 12.2. The van der Waals surface area contributed by atoms with E-state index in [2.05, 4.69) is 18.1 Å². The van der Waals surface area contributed by atoms with Crippen molar-refractivity contribution in [3.8, 4) is 11.3 Å². The van der Waals surface area contributed by atoms with Crippen molar-refractivity contribution in [2.75, 3.05) is 0 Å². The standard InChI is InChI=1S/C17H16N2O2S/c1-11-4-2-3-5-14(11)16-10-22-17(20)19(16)9-13-8-15(18-21-13)12-6-7-12/h2-5,8,10,12H,6-7,9H2,1H3. The molecule has 3 aromatic rings. The minimum atomic E-state index is 0.0302. The number of hydrogen-bond donors (Lipinski definition) is 0. The molecule has 2 heterocycles. The van der Waals surface area contributed by atoms with Gasteiger partial charge in [-0.3, -0.25) is 9.36 Å². The number of hydrogen-bond acceptors (Lipinski definition) is 4. The molecule has 4 nitrogen and oxygen atoms in total. The summed E-state index contributed by atoms with van der Waals surface area (Å²) in [6.45, 7) is 2.49. The molecule has 4 rings (SSSR count). The molecule has 5 heteroatoms. The molecule has 1 fully saturated rings. The molecule has 1 aliphatic rings. The predicted octanol–water partition coefficient (Wildman–Crippen LogP) is 3.80. The minimum Gasteiger partial charge on any atom is -0.359 e. The lowest BCUT2D eigenvalue weighted by molar-refractivity contribution is 0.370. The monoisotopic (exact) mass is 312 g/mol. The van der Waals surface area contributed by atoms with Crippen LogP contribution in [0.1, 0.15) is 35.8 Å². The first-order valence-corrected chi connectivity index (χ1v) is 8.30. The molecule has 1 saturated carbocycles. The summed E-state index contributed by atoms with van der Waals surface area (Å²) in [5.41, 5.74) is 4.21. The largest absolute Gasteiger partial charge is 0.359 e. The van der Waals surface area contributed by atoms with Gasteiger partial charge in [0.1, 0.15) is 0 Å². The van der Waals surface area contributed by atoms with Gasteiger partial charge in [0, 0.05) is 22.9 Å². The summed E-state index contributed by atoms with van der Waals surface area (Å²) in [5.74, 6) is 1.31. The van der Waals surface area contributed by atoms with Crippen molar-refractivity contribution in [1.29, 1.82) is 0 Å². The second kappa shape index (κ2) is 5.25. The van der Waals surface area contributed by atoms with Crippen molar-refractivity contribution >= 4 is 11.3 Å². The van der Waals surface area contributed by atoms with Crippen LogP contribution in [-0.2, 0) is 6.54 Å². The minimum absolute atomic E-state index is 0.0302. The maximum Gasteiger partial charge on any atom is 0.307 e. The number of benzene rings is 1. The molecule has 2 aromatic heterocycles. The summed E-state index contributed by atoms with van der Waals surface area (Å²) in [7, 11) is 0. The van der Waals surface area contributed by atoms with Gasteiger partial charge in [0.25, 0.3) is 0 Å². The Bertz CT molecular complexity index is 871. The summed E-state index contributed by atoms with van der Waals surface area (Å²) in [6, 6.07) is 10.1. The van der Waals surface area contributed by atoms with Crippen molar-refractivity contribution in [2.45, 2.75) is 32.2 Å². The number of aromatic nitrogens is 2. The molecule has 0 saturated heterocycles. The Hall–Kier alpha value is -2.14. The van der Waals surface area contributed by atoms with Gasteiger partial charge in [-0.1, -0.05) is 40.8 Å². The number of nitrogens with zero attached hydrogens (tertiary/aromatic N) is 2. The van der Waals surface area contributed by atoms with Gasteiger partial charge in [-0.05, 0) is 25.3 Å². The van der Waals surface area contributed by atoms with E-state index in [1.54, 1.807) is 4.57 Å². The molecule has 0 aliphatic heterocycles. The van der Waals surface area contributed by atoms with Gasteiger partial charge in [-0.25, -0.2) is 0 Å². The molecule has 0 unspecified atom stereocenters. The Labute approximate surface area is 132 Å². The van der Waals surface area contributed by atoms with Gasteiger partial charge in [-0.15, -0.1) is 0 Å². The quantitative estimate of drug-likeness (QED) is 0.736. The van der Waals surface area contributed by atoms with E-state index in [0.717, 1.165) is 28.3 Å². The zero-order valence-corrected chi connectivity index (χ0v) is 13.1. The molecule has 0 atom stereocenters. The third-order valence-corrected chi connectivity index (χ3v) is 4.85. The zero-order chi connectivity index (χ0) is 15.1. The van der Waals surface area contributed by atoms with Crippen LogP contribution in [-0.4, -0.2) is 9.72 Å². The van der Waals surface area contributed by atoms with Crippen molar-refractivity contribution < 1.29 is 4.52 Å². The van der Waals surface area contributed by atoms with Gasteiger partial charge < -0.3 is 4.52 Å². The first kappa shape index (κ1) is 13.5. The number of aryl methyl sites for hydroxylation is 1. The van der Waals surface area contributed by atoms with E-state index in [1.165, 1.54) is 24.2 Å². The van der Waals surface area contributed by atoms with Crippen molar-refractivity contribution in [1.82, 2.24) is 9.72 Å². The molecule has 0 bridgehead atoms. The van der Waals surface area contributed by atoms with Gasteiger partial charge in [0.15, 0.2) is 5.76 Å². The van der Waals surface area contributed by atoms with Crippen LogP contribution in [0, 0.1) is 6.92 Å². The van der Waals surface area contributed by atoms with E-state index in [9.17, 15) is 4.79 Å². The maximum absolute atomic E-state index is 12.2. The molecular weight excluding hydrogens is 296 g/mol.